The van der Waals surface area contributed by atoms with E-state index >= 15 is 0 Å². The number of hydrogen-bond acceptors (Lipinski definition) is 3. The second kappa shape index (κ2) is 7.34. The van der Waals surface area contributed by atoms with Gasteiger partial charge in [0.2, 0.25) is 0 Å². The standard InChI is InChI=1S/C37H23BN2O2S/c1-18-12-20(3)35-26(14-18)40-36-34(32-22-9-5-7-11-31(22)43-37(32)40)38-24-17-28-23(21-8-4-6-10-27(21)41-28)16-29(24)42-30-15-19(2)13-25(33(30)38)39(35)36/h4-17H,1-3H3. The van der Waals surface area contributed by atoms with E-state index in [1.807, 2.05) is 23.5 Å². The van der Waals surface area contributed by atoms with Crippen LogP contribution >= 0.6 is 11.3 Å². The molecule has 4 nitrogen and oxygen atoms in total. The Morgan fingerprint density at radius 1 is 0.721 bits per heavy atom. The zero-order valence-corrected chi connectivity index (χ0v) is 24.6. The Hall–Kier alpha value is -4.94. The van der Waals surface area contributed by atoms with Crippen LogP contribution in [0.1, 0.15) is 16.7 Å². The van der Waals surface area contributed by atoms with Crippen molar-refractivity contribution in [2.75, 3.05) is 0 Å². The SMILES string of the molecule is Cc1cc2c3c(c1)-n1c4c(C)cc(C)cc4n4c5sc6ccccc6c5c(c14)B3c1cc3oc4ccccc4c3cc1O2. The number of para-hydroxylation sites is 1. The molecule has 0 aliphatic carbocycles. The summed E-state index contributed by atoms with van der Waals surface area (Å²) in [5.41, 5.74) is 14.3. The minimum atomic E-state index is 0.00989. The monoisotopic (exact) mass is 570 g/mol. The molecule has 0 radical (unpaired) electrons. The second-order valence-electron chi connectivity index (χ2n) is 12.4. The van der Waals surface area contributed by atoms with Gasteiger partial charge in [0.25, 0.3) is 6.71 Å². The Kier molecular flexibility index (Phi) is 3.86. The first kappa shape index (κ1) is 22.6. The molecule has 43 heavy (non-hydrogen) atoms. The van der Waals surface area contributed by atoms with E-state index in [4.69, 9.17) is 9.15 Å². The van der Waals surface area contributed by atoms with Crippen LogP contribution in [0.3, 0.4) is 0 Å². The lowest BCUT2D eigenvalue weighted by molar-refractivity contribution is 0.487. The highest BCUT2D eigenvalue weighted by molar-refractivity contribution is 7.26. The molecule has 0 saturated carbocycles. The molecule has 202 valence electrons. The fraction of sp³-hybridized carbons (Fsp3) is 0.0811. The zero-order valence-electron chi connectivity index (χ0n) is 23.8. The highest BCUT2D eigenvalue weighted by atomic mass is 32.1. The van der Waals surface area contributed by atoms with Gasteiger partial charge in [-0.1, -0.05) is 42.5 Å². The fourth-order valence-corrected chi connectivity index (χ4v) is 9.43. The lowest BCUT2D eigenvalue weighted by Gasteiger charge is -2.32. The zero-order chi connectivity index (χ0) is 28.3. The Bertz CT molecular complexity index is 2760. The number of aryl methyl sites for hydroxylation is 3. The molecule has 9 aromatic rings. The lowest BCUT2D eigenvalue weighted by atomic mass is 9.34. The van der Waals surface area contributed by atoms with Crippen molar-refractivity contribution in [3.63, 3.8) is 0 Å². The van der Waals surface area contributed by atoms with Crippen LogP contribution in [0.4, 0.5) is 0 Å². The second-order valence-corrected chi connectivity index (χ2v) is 13.4. The average Bonchev–Trinajstić information content (AvgIpc) is 3.72. The molecule has 0 spiro atoms. The minimum absolute atomic E-state index is 0.00989. The smallest absolute Gasteiger partial charge is 0.259 e. The average molecular weight is 570 g/mol. The number of aromatic nitrogens is 2. The molecule has 0 bridgehead atoms. The molecular formula is C37H23BN2O2S. The summed E-state index contributed by atoms with van der Waals surface area (Å²) in [5, 5.41) is 4.88. The number of imidazole rings is 1. The summed E-state index contributed by atoms with van der Waals surface area (Å²) in [4.78, 5) is 1.31. The van der Waals surface area contributed by atoms with Crippen molar-refractivity contribution in [3.05, 3.63) is 102 Å². The third-order valence-electron chi connectivity index (χ3n) is 9.73. The van der Waals surface area contributed by atoms with Crippen LogP contribution in [0.25, 0.3) is 64.6 Å². The fourth-order valence-electron chi connectivity index (χ4n) is 8.20. The number of nitrogens with zero attached hydrogens (tertiary/aromatic N) is 2. The summed E-state index contributed by atoms with van der Waals surface area (Å²) < 4.78 is 19.7. The van der Waals surface area contributed by atoms with E-state index in [-0.39, 0.29) is 6.71 Å². The van der Waals surface area contributed by atoms with Crippen LogP contribution in [-0.4, -0.2) is 15.7 Å². The van der Waals surface area contributed by atoms with E-state index in [0.29, 0.717) is 0 Å². The third kappa shape index (κ3) is 2.57. The van der Waals surface area contributed by atoms with Crippen LogP contribution < -0.4 is 21.1 Å². The molecule has 0 atom stereocenters. The minimum Gasteiger partial charge on any atom is -0.458 e. The first-order valence-corrected chi connectivity index (χ1v) is 15.6. The van der Waals surface area contributed by atoms with Gasteiger partial charge in [0.05, 0.1) is 11.0 Å². The number of furan rings is 1. The van der Waals surface area contributed by atoms with Crippen LogP contribution in [0.2, 0.25) is 0 Å². The van der Waals surface area contributed by atoms with Crippen LogP contribution in [-0.2, 0) is 0 Å². The molecule has 0 unspecified atom stereocenters. The Balaban J connectivity index is 1.40. The Morgan fingerprint density at radius 2 is 1.53 bits per heavy atom. The number of rotatable bonds is 0. The quantitative estimate of drug-likeness (QED) is 0.173. The van der Waals surface area contributed by atoms with Crippen molar-refractivity contribution in [2.24, 2.45) is 0 Å². The predicted molar refractivity (Wildman–Crippen MR) is 180 cm³/mol. The first-order chi connectivity index (χ1) is 21.0. The van der Waals surface area contributed by atoms with Gasteiger partial charge in [0.1, 0.15) is 33.1 Å². The van der Waals surface area contributed by atoms with Crippen molar-refractivity contribution in [2.45, 2.75) is 20.8 Å². The van der Waals surface area contributed by atoms with Gasteiger partial charge in [0, 0.05) is 31.9 Å². The predicted octanol–water partition coefficient (Wildman–Crippen LogP) is 8.01. The largest absolute Gasteiger partial charge is 0.458 e. The molecule has 2 aliphatic rings. The highest BCUT2D eigenvalue weighted by Gasteiger charge is 2.44. The van der Waals surface area contributed by atoms with E-state index in [1.165, 1.54) is 75.7 Å². The van der Waals surface area contributed by atoms with Gasteiger partial charge in [-0.05, 0) is 96.3 Å². The lowest BCUT2D eigenvalue weighted by Crippen LogP contribution is -2.58. The molecule has 0 N–H and O–H groups in total. The van der Waals surface area contributed by atoms with Crippen LogP contribution in [0.5, 0.6) is 11.5 Å². The van der Waals surface area contributed by atoms with Gasteiger partial charge in [-0.15, -0.1) is 11.3 Å². The number of hydrogen-bond donors (Lipinski definition) is 0. The van der Waals surface area contributed by atoms with Crippen molar-refractivity contribution in [3.8, 4) is 17.2 Å². The summed E-state index contributed by atoms with van der Waals surface area (Å²) in [7, 11) is 0. The van der Waals surface area contributed by atoms with Gasteiger partial charge in [-0.3, -0.25) is 8.97 Å². The summed E-state index contributed by atoms with van der Waals surface area (Å²) in [6, 6.07) is 30.9. The van der Waals surface area contributed by atoms with E-state index in [1.54, 1.807) is 0 Å². The molecule has 4 aromatic heterocycles. The molecule has 0 amide bonds. The molecule has 0 fully saturated rings. The van der Waals surface area contributed by atoms with Crippen molar-refractivity contribution in [1.82, 2.24) is 8.97 Å². The maximum absolute atomic E-state index is 6.88. The van der Waals surface area contributed by atoms with Crippen molar-refractivity contribution < 1.29 is 9.15 Å². The highest BCUT2D eigenvalue weighted by Crippen LogP contribution is 2.44. The molecule has 6 heterocycles. The Morgan fingerprint density at radius 3 is 2.44 bits per heavy atom. The normalized spacial score (nSPS) is 13.6. The summed E-state index contributed by atoms with van der Waals surface area (Å²) in [6.07, 6.45) is 0. The molecule has 0 saturated heterocycles. The summed E-state index contributed by atoms with van der Waals surface area (Å²) in [6.45, 7) is 6.64. The molecule has 6 heteroatoms. The molecule has 11 rings (SSSR count). The van der Waals surface area contributed by atoms with Crippen molar-refractivity contribution >= 4 is 93.4 Å². The van der Waals surface area contributed by atoms with Gasteiger partial charge in [0.15, 0.2) is 0 Å². The third-order valence-corrected chi connectivity index (χ3v) is 10.9. The molecule has 2 aliphatic heterocycles. The van der Waals surface area contributed by atoms with Crippen molar-refractivity contribution in [1.29, 1.82) is 0 Å². The van der Waals surface area contributed by atoms with E-state index in [9.17, 15) is 0 Å². The maximum Gasteiger partial charge on any atom is 0.259 e. The van der Waals surface area contributed by atoms with E-state index in [0.717, 1.165) is 33.4 Å². The Labute approximate surface area is 250 Å². The van der Waals surface area contributed by atoms with Crippen LogP contribution in [0, 0.1) is 20.8 Å². The van der Waals surface area contributed by atoms with Crippen LogP contribution in [0.15, 0.2) is 89.3 Å². The number of ether oxygens (including phenoxy) is 1. The number of fused-ring (bicyclic) bond motifs is 15. The molecular weight excluding hydrogens is 547 g/mol. The summed E-state index contributed by atoms with van der Waals surface area (Å²) >= 11 is 1.90. The first-order valence-electron chi connectivity index (χ1n) is 14.8. The van der Waals surface area contributed by atoms with Gasteiger partial charge in [-0.25, -0.2) is 0 Å². The van der Waals surface area contributed by atoms with E-state index in [2.05, 4.69) is 103 Å². The van der Waals surface area contributed by atoms with Gasteiger partial charge >= 0.3 is 0 Å². The van der Waals surface area contributed by atoms with Gasteiger partial charge in [-0.2, -0.15) is 0 Å². The topological polar surface area (TPSA) is 31.7 Å². The maximum atomic E-state index is 6.88. The number of benzene rings is 5. The molecule has 5 aromatic carbocycles. The summed E-state index contributed by atoms with van der Waals surface area (Å²) in [5.74, 6) is 1.86. The van der Waals surface area contributed by atoms with E-state index < -0.39 is 0 Å². The van der Waals surface area contributed by atoms with Gasteiger partial charge < -0.3 is 9.15 Å². The number of thiophene rings is 1.